The summed E-state index contributed by atoms with van der Waals surface area (Å²) in [6.07, 6.45) is 13.4. The van der Waals surface area contributed by atoms with E-state index < -0.39 is 36.8 Å². The number of quaternary nitrogens is 1. The van der Waals surface area contributed by atoms with E-state index in [4.69, 9.17) is 14.2 Å². The van der Waals surface area contributed by atoms with Gasteiger partial charge in [0.15, 0.2) is 6.29 Å². The molecule has 1 saturated heterocycles. The highest BCUT2D eigenvalue weighted by Gasteiger charge is 2.44. The molecule has 1 unspecified atom stereocenters. The maximum Gasteiger partial charge on any atom is 0.186 e. The van der Waals surface area contributed by atoms with Crippen LogP contribution in [0.2, 0.25) is 0 Å². The Hall–Kier alpha value is -0.320. The van der Waals surface area contributed by atoms with Crippen molar-refractivity contribution < 1.29 is 39.1 Å². The Labute approximate surface area is 239 Å². The van der Waals surface area contributed by atoms with Gasteiger partial charge in [0.25, 0.3) is 0 Å². The monoisotopic (exact) mass is 562 g/mol. The van der Waals surface area contributed by atoms with Crippen molar-refractivity contribution in [1.29, 1.82) is 0 Å². The lowest BCUT2D eigenvalue weighted by atomic mass is 9.99. The van der Waals surface area contributed by atoms with Crippen molar-refractivity contribution in [2.45, 2.75) is 153 Å². The van der Waals surface area contributed by atoms with Crippen LogP contribution in [0.3, 0.4) is 0 Å². The predicted octanol–water partition coefficient (Wildman–Crippen LogP) is 4.55. The highest BCUT2D eigenvalue weighted by Crippen LogP contribution is 2.23. The van der Waals surface area contributed by atoms with Crippen molar-refractivity contribution in [2.75, 3.05) is 47.0 Å². The summed E-state index contributed by atoms with van der Waals surface area (Å²) >= 11 is 0. The second kappa shape index (κ2) is 22.3. The lowest BCUT2D eigenvalue weighted by molar-refractivity contribution is -0.893. The number of hydrogen-bond acceptors (Lipinski definition) is 7. The number of aliphatic hydroxyl groups excluding tert-OH is 4. The van der Waals surface area contributed by atoms with Gasteiger partial charge in [0.2, 0.25) is 0 Å². The quantitative estimate of drug-likeness (QED) is 0.0955. The van der Waals surface area contributed by atoms with Crippen molar-refractivity contribution in [2.24, 2.45) is 0 Å². The van der Waals surface area contributed by atoms with Crippen LogP contribution in [0.25, 0.3) is 0 Å². The minimum absolute atomic E-state index is 0.00472. The molecule has 1 fully saturated rings. The van der Waals surface area contributed by atoms with Crippen LogP contribution in [0.4, 0.5) is 0 Å². The van der Waals surface area contributed by atoms with Gasteiger partial charge >= 0.3 is 0 Å². The molecule has 0 aromatic heterocycles. The lowest BCUT2D eigenvalue weighted by Gasteiger charge is -2.40. The molecule has 39 heavy (non-hydrogen) atoms. The summed E-state index contributed by atoms with van der Waals surface area (Å²) in [5, 5.41) is 41.4. The van der Waals surface area contributed by atoms with E-state index in [0.717, 1.165) is 36.7 Å². The zero-order valence-electron chi connectivity index (χ0n) is 25.8. The summed E-state index contributed by atoms with van der Waals surface area (Å²) in [5.41, 5.74) is 0. The van der Waals surface area contributed by atoms with Gasteiger partial charge < -0.3 is 39.1 Å². The number of likely N-dealkylation sites (N-methyl/N-ethyl adjacent to an activating group) is 1. The van der Waals surface area contributed by atoms with Crippen LogP contribution in [0.15, 0.2) is 0 Å². The number of rotatable bonds is 25. The smallest absolute Gasteiger partial charge is 0.186 e. The summed E-state index contributed by atoms with van der Waals surface area (Å²) in [7, 11) is 4.27. The van der Waals surface area contributed by atoms with E-state index in [2.05, 4.69) is 27.9 Å². The average molecular weight is 563 g/mol. The van der Waals surface area contributed by atoms with Crippen LogP contribution in [0.5, 0.6) is 0 Å². The normalized spacial score (nSPS) is 24.8. The Bertz CT molecular complexity index is 565. The summed E-state index contributed by atoms with van der Waals surface area (Å²) < 4.78 is 17.8. The number of hydrogen-bond donors (Lipinski definition) is 4. The molecule has 1 heterocycles. The molecule has 0 saturated carbocycles. The molecule has 1 rings (SSSR count). The number of aliphatic hydroxyl groups is 4. The molecule has 0 radical (unpaired) electrons. The van der Waals surface area contributed by atoms with E-state index >= 15 is 0 Å². The van der Waals surface area contributed by atoms with Crippen molar-refractivity contribution in [3.05, 3.63) is 0 Å². The van der Waals surface area contributed by atoms with E-state index in [-0.39, 0.29) is 13.2 Å². The van der Waals surface area contributed by atoms with Crippen molar-refractivity contribution in [3.63, 3.8) is 0 Å². The molecule has 0 amide bonds. The van der Waals surface area contributed by atoms with Crippen molar-refractivity contribution >= 4 is 0 Å². The van der Waals surface area contributed by atoms with Crippen LogP contribution in [0.1, 0.15) is 117 Å². The molecule has 4 N–H and O–H groups in total. The van der Waals surface area contributed by atoms with Gasteiger partial charge in [-0.25, -0.2) is 0 Å². The first-order valence-electron chi connectivity index (χ1n) is 16.1. The Morgan fingerprint density at radius 2 is 1.21 bits per heavy atom. The molecule has 0 bridgehead atoms. The number of unbranched alkanes of at least 4 members (excludes halogenated alkanes) is 14. The Kier molecular flexibility index (Phi) is 21.0. The van der Waals surface area contributed by atoms with Gasteiger partial charge in [0, 0.05) is 6.61 Å². The predicted molar refractivity (Wildman–Crippen MR) is 157 cm³/mol. The second-order valence-corrected chi connectivity index (χ2v) is 12.4. The standard InChI is InChI=1S/C31H64NO7/c1-5-7-9-11-13-14-15-16-17-19-21-32(3,4)23-26(33)24-37-25-27-28(34)29(35)30(36)31(39-27)38-22-20-18-12-10-8-6-2/h26-31,33-36H,5-25H2,1-4H3/q+1/t26?,27-,28-,29+,30-,31-/m1/s1. The summed E-state index contributed by atoms with van der Waals surface area (Å²) in [6.45, 7) is 6.58. The summed E-state index contributed by atoms with van der Waals surface area (Å²) in [6, 6.07) is 0. The van der Waals surface area contributed by atoms with Gasteiger partial charge in [-0.2, -0.15) is 0 Å². The zero-order valence-corrected chi connectivity index (χ0v) is 25.8. The first kappa shape index (κ1) is 36.7. The minimum Gasteiger partial charge on any atom is -0.387 e. The molecule has 234 valence electrons. The maximum atomic E-state index is 10.6. The van der Waals surface area contributed by atoms with Crippen LogP contribution >= 0.6 is 0 Å². The van der Waals surface area contributed by atoms with E-state index in [1.807, 2.05) is 0 Å². The van der Waals surface area contributed by atoms with Gasteiger partial charge in [-0.1, -0.05) is 97.3 Å². The van der Waals surface area contributed by atoms with Crippen LogP contribution in [0, 0.1) is 0 Å². The van der Waals surface area contributed by atoms with Crippen LogP contribution < -0.4 is 0 Å². The largest absolute Gasteiger partial charge is 0.387 e. The zero-order chi connectivity index (χ0) is 28.9. The van der Waals surface area contributed by atoms with E-state index in [9.17, 15) is 20.4 Å². The maximum absolute atomic E-state index is 10.6. The van der Waals surface area contributed by atoms with Gasteiger partial charge in [-0.15, -0.1) is 0 Å². The Morgan fingerprint density at radius 3 is 1.77 bits per heavy atom. The van der Waals surface area contributed by atoms with E-state index in [1.165, 1.54) is 77.0 Å². The summed E-state index contributed by atoms with van der Waals surface area (Å²) in [5.74, 6) is 0. The summed E-state index contributed by atoms with van der Waals surface area (Å²) in [4.78, 5) is 0. The highest BCUT2D eigenvalue weighted by atomic mass is 16.7. The third kappa shape index (κ3) is 17.3. The van der Waals surface area contributed by atoms with Gasteiger partial charge in [0.1, 0.15) is 37.1 Å². The third-order valence-corrected chi connectivity index (χ3v) is 7.86. The molecule has 0 aliphatic carbocycles. The van der Waals surface area contributed by atoms with Crippen LogP contribution in [-0.4, -0.2) is 109 Å². The van der Waals surface area contributed by atoms with Crippen molar-refractivity contribution in [3.8, 4) is 0 Å². The fraction of sp³-hybridized carbons (Fsp3) is 1.00. The third-order valence-electron chi connectivity index (χ3n) is 7.86. The molecule has 1 aliphatic heterocycles. The van der Waals surface area contributed by atoms with E-state index in [0.29, 0.717) is 13.2 Å². The minimum atomic E-state index is -1.37. The first-order valence-corrected chi connectivity index (χ1v) is 16.1. The fourth-order valence-corrected chi connectivity index (χ4v) is 5.34. The van der Waals surface area contributed by atoms with Crippen LogP contribution in [-0.2, 0) is 14.2 Å². The molecular weight excluding hydrogens is 498 g/mol. The average Bonchev–Trinajstić information content (AvgIpc) is 2.89. The second-order valence-electron chi connectivity index (χ2n) is 12.4. The molecule has 0 aromatic carbocycles. The topological polar surface area (TPSA) is 109 Å². The Balaban J connectivity index is 2.23. The number of nitrogens with zero attached hydrogens (tertiary/aromatic N) is 1. The highest BCUT2D eigenvalue weighted by molar-refractivity contribution is 4.89. The van der Waals surface area contributed by atoms with E-state index in [1.54, 1.807) is 0 Å². The van der Waals surface area contributed by atoms with Gasteiger partial charge in [-0.05, 0) is 19.3 Å². The molecule has 6 atom stereocenters. The van der Waals surface area contributed by atoms with Gasteiger partial charge in [-0.3, -0.25) is 0 Å². The Morgan fingerprint density at radius 1 is 0.692 bits per heavy atom. The van der Waals surface area contributed by atoms with Crippen molar-refractivity contribution in [1.82, 2.24) is 0 Å². The molecule has 0 aromatic rings. The molecular formula is C31H64NO7+. The molecule has 0 spiro atoms. The fourth-order valence-electron chi connectivity index (χ4n) is 5.34. The molecule has 8 heteroatoms. The molecule has 8 nitrogen and oxygen atoms in total. The molecule has 1 aliphatic rings. The van der Waals surface area contributed by atoms with Gasteiger partial charge in [0.05, 0.1) is 33.9 Å². The first-order chi connectivity index (χ1) is 18.7. The lowest BCUT2D eigenvalue weighted by Crippen LogP contribution is -2.59. The SMILES string of the molecule is CCCCCCCCCCCC[N+](C)(C)CC(O)COC[C@H]1O[C@@H](OCCCCCCCC)[C@H](O)[C@@H](O)[C@@H]1O. The number of ether oxygens (including phenoxy) is 3.